The van der Waals surface area contributed by atoms with E-state index in [1.165, 1.54) is 0 Å². The zero-order valence-electron chi connectivity index (χ0n) is 11.8. The van der Waals surface area contributed by atoms with Crippen LogP contribution in [-0.2, 0) is 0 Å². The normalized spacial score (nSPS) is 11.5. The Morgan fingerprint density at radius 1 is 1.21 bits per heavy atom. The summed E-state index contributed by atoms with van der Waals surface area (Å²) in [6.45, 7) is 9.00. The van der Waals surface area contributed by atoms with Gasteiger partial charge in [0.15, 0.2) is 0 Å². The second-order valence-electron chi connectivity index (χ2n) is 5.41. The van der Waals surface area contributed by atoms with Gasteiger partial charge < -0.3 is 4.90 Å². The summed E-state index contributed by atoms with van der Waals surface area (Å²) in [7, 11) is 0. The third kappa shape index (κ3) is 2.92. The molecule has 1 aromatic heterocycles. The van der Waals surface area contributed by atoms with Crippen LogP contribution in [-0.4, -0.2) is 33.7 Å². The topological polar surface area (TPSA) is 59.2 Å². The number of amides is 1. The highest BCUT2D eigenvalue weighted by atomic mass is 16.6. The van der Waals surface area contributed by atoms with E-state index in [2.05, 4.69) is 28.8 Å². The first-order valence-electron chi connectivity index (χ1n) is 6.52. The van der Waals surface area contributed by atoms with E-state index < -0.39 is 0 Å². The van der Waals surface area contributed by atoms with Gasteiger partial charge in [0.25, 0.3) is 5.91 Å². The van der Waals surface area contributed by atoms with E-state index in [-0.39, 0.29) is 11.9 Å². The summed E-state index contributed by atoms with van der Waals surface area (Å²) in [5, 5.41) is 7.51. The summed E-state index contributed by atoms with van der Waals surface area (Å²) in [5.41, 5.74) is 1.90. The molecule has 0 aliphatic rings. The highest BCUT2D eigenvalue weighted by molar-refractivity contribution is 5.97. The van der Waals surface area contributed by atoms with Crippen molar-refractivity contribution in [2.45, 2.75) is 33.7 Å². The lowest BCUT2D eigenvalue weighted by atomic mass is 10.1. The molecule has 0 aliphatic heterocycles. The van der Waals surface area contributed by atoms with Crippen molar-refractivity contribution in [2.24, 2.45) is 5.92 Å². The standard InChI is InChI=1S/C14H19N3O2/c1-9(2)8-17(10(3)4)14(18)11-5-6-12-13(7-11)16-19-15-12/h5-7,9-10H,8H2,1-4H3. The lowest BCUT2D eigenvalue weighted by Gasteiger charge is -2.28. The number of benzene rings is 1. The molecule has 0 spiro atoms. The van der Waals surface area contributed by atoms with E-state index in [9.17, 15) is 4.79 Å². The Morgan fingerprint density at radius 2 is 1.89 bits per heavy atom. The predicted molar refractivity (Wildman–Crippen MR) is 72.8 cm³/mol. The minimum absolute atomic E-state index is 0.0219. The van der Waals surface area contributed by atoms with Gasteiger partial charge >= 0.3 is 0 Å². The van der Waals surface area contributed by atoms with Crippen LogP contribution in [0.4, 0.5) is 0 Å². The number of fused-ring (bicyclic) bond motifs is 1. The molecule has 1 aromatic carbocycles. The van der Waals surface area contributed by atoms with E-state index in [1.807, 2.05) is 18.7 Å². The maximum absolute atomic E-state index is 12.5. The Hall–Kier alpha value is -1.91. The van der Waals surface area contributed by atoms with Gasteiger partial charge in [0.05, 0.1) is 0 Å². The van der Waals surface area contributed by atoms with Crippen LogP contribution >= 0.6 is 0 Å². The molecular formula is C14H19N3O2. The van der Waals surface area contributed by atoms with E-state index >= 15 is 0 Å². The Bertz CT molecular complexity index is 575. The molecule has 0 aliphatic carbocycles. The van der Waals surface area contributed by atoms with Gasteiger partial charge in [-0.1, -0.05) is 13.8 Å². The van der Waals surface area contributed by atoms with Crippen LogP contribution in [0, 0.1) is 5.92 Å². The third-order valence-corrected chi connectivity index (χ3v) is 2.95. The largest absolute Gasteiger partial charge is 0.336 e. The smallest absolute Gasteiger partial charge is 0.254 e. The van der Waals surface area contributed by atoms with Crippen molar-refractivity contribution in [3.63, 3.8) is 0 Å². The highest BCUT2D eigenvalue weighted by Gasteiger charge is 2.20. The number of aromatic nitrogens is 2. The fourth-order valence-electron chi connectivity index (χ4n) is 2.00. The number of nitrogens with zero attached hydrogens (tertiary/aromatic N) is 3. The molecule has 2 aromatic rings. The maximum Gasteiger partial charge on any atom is 0.254 e. The summed E-state index contributed by atoms with van der Waals surface area (Å²) in [6, 6.07) is 5.42. The summed E-state index contributed by atoms with van der Waals surface area (Å²) >= 11 is 0. The Labute approximate surface area is 112 Å². The maximum atomic E-state index is 12.5. The molecule has 5 heteroatoms. The molecule has 0 saturated carbocycles. The van der Waals surface area contributed by atoms with Crippen molar-refractivity contribution in [3.8, 4) is 0 Å². The predicted octanol–water partition coefficient (Wildman–Crippen LogP) is 2.73. The lowest BCUT2D eigenvalue weighted by Crippen LogP contribution is -2.39. The van der Waals surface area contributed by atoms with E-state index in [1.54, 1.807) is 18.2 Å². The van der Waals surface area contributed by atoms with Crippen LogP contribution in [0.3, 0.4) is 0 Å². The van der Waals surface area contributed by atoms with Gasteiger partial charge in [0, 0.05) is 18.2 Å². The van der Waals surface area contributed by atoms with Crippen molar-refractivity contribution in [1.82, 2.24) is 15.2 Å². The Balaban J connectivity index is 2.29. The lowest BCUT2D eigenvalue weighted by molar-refractivity contribution is 0.0682. The number of hydrogen-bond donors (Lipinski definition) is 0. The molecule has 0 N–H and O–H groups in total. The van der Waals surface area contributed by atoms with Crippen molar-refractivity contribution in [2.75, 3.05) is 6.54 Å². The van der Waals surface area contributed by atoms with Gasteiger partial charge in [-0.2, -0.15) is 0 Å². The van der Waals surface area contributed by atoms with Crippen molar-refractivity contribution in [1.29, 1.82) is 0 Å². The number of rotatable bonds is 4. The van der Waals surface area contributed by atoms with Crippen LogP contribution in [0.5, 0.6) is 0 Å². The minimum Gasteiger partial charge on any atom is -0.336 e. The van der Waals surface area contributed by atoms with Crippen molar-refractivity contribution >= 4 is 16.9 Å². The Morgan fingerprint density at radius 3 is 2.53 bits per heavy atom. The number of hydrogen-bond acceptors (Lipinski definition) is 4. The van der Waals surface area contributed by atoms with Gasteiger partial charge in [0.2, 0.25) is 0 Å². The molecule has 0 radical (unpaired) electrons. The second kappa shape index (κ2) is 5.38. The SMILES string of the molecule is CC(C)CN(C(=O)c1ccc2nonc2c1)C(C)C. The van der Waals surface area contributed by atoms with Crippen LogP contribution < -0.4 is 0 Å². The molecule has 0 unspecified atom stereocenters. The summed E-state index contributed by atoms with van der Waals surface area (Å²) in [6.07, 6.45) is 0. The third-order valence-electron chi connectivity index (χ3n) is 2.95. The monoisotopic (exact) mass is 261 g/mol. The summed E-state index contributed by atoms with van der Waals surface area (Å²) in [5.74, 6) is 0.456. The van der Waals surface area contributed by atoms with Gasteiger partial charge in [-0.25, -0.2) is 4.63 Å². The molecule has 102 valence electrons. The van der Waals surface area contributed by atoms with Crippen LogP contribution in [0.15, 0.2) is 22.8 Å². The highest BCUT2D eigenvalue weighted by Crippen LogP contribution is 2.15. The molecule has 19 heavy (non-hydrogen) atoms. The van der Waals surface area contributed by atoms with E-state index in [4.69, 9.17) is 0 Å². The summed E-state index contributed by atoms with van der Waals surface area (Å²) < 4.78 is 4.65. The molecule has 0 fully saturated rings. The molecule has 0 bridgehead atoms. The molecule has 1 amide bonds. The van der Waals surface area contributed by atoms with Gasteiger partial charge in [-0.05, 0) is 48.3 Å². The molecule has 5 nitrogen and oxygen atoms in total. The fourth-order valence-corrected chi connectivity index (χ4v) is 2.00. The number of carbonyl (C=O) groups is 1. The second-order valence-corrected chi connectivity index (χ2v) is 5.41. The van der Waals surface area contributed by atoms with Gasteiger partial charge in [-0.15, -0.1) is 0 Å². The molecule has 0 atom stereocenters. The first kappa shape index (κ1) is 13.5. The van der Waals surface area contributed by atoms with E-state index in [0.29, 0.717) is 22.5 Å². The minimum atomic E-state index is 0.0219. The number of carbonyl (C=O) groups excluding carboxylic acids is 1. The summed E-state index contributed by atoms with van der Waals surface area (Å²) in [4.78, 5) is 14.4. The molecule has 0 saturated heterocycles. The first-order chi connectivity index (χ1) is 8.99. The fraction of sp³-hybridized carbons (Fsp3) is 0.500. The van der Waals surface area contributed by atoms with Crippen LogP contribution in [0.25, 0.3) is 11.0 Å². The van der Waals surface area contributed by atoms with Crippen molar-refractivity contribution < 1.29 is 9.42 Å². The molecule has 2 rings (SSSR count). The molecular weight excluding hydrogens is 242 g/mol. The van der Waals surface area contributed by atoms with Gasteiger partial charge in [-0.3, -0.25) is 4.79 Å². The first-order valence-corrected chi connectivity index (χ1v) is 6.52. The Kier molecular flexibility index (Phi) is 3.83. The molecule has 1 heterocycles. The average Bonchev–Trinajstić information content (AvgIpc) is 2.81. The van der Waals surface area contributed by atoms with Crippen LogP contribution in [0.1, 0.15) is 38.1 Å². The van der Waals surface area contributed by atoms with Crippen molar-refractivity contribution in [3.05, 3.63) is 23.8 Å². The average molecular weight is 261 g/mol. The zero-order chi connectivity index (χ0) is 14.0. The van der Waals surface area contributed by atoms with Gasteiger partial charge in [0.1, 0.15) is 11.0 Å². The quantitative estimate of drug-likeness (QED) is 0.849. The zero-order valence-corrected chi connectivity index (χ0v) is 11.8. The van der Waals surface area contributed by atoms with Crippen LogP contribution in [0.2, 0.25) is 0 Å². The van der Waals surface area contributed by atoms with E-state index in [0.717, 1.165) is 6.54 Å².